The highest BCUT2D eigenvalue weighted by Crippen LogP contribution is 2.33. The number of rotatable bonds is 2. The SMILES string of the molecule is Clc1cc(Cl)cc(C(Br)c2ccccc2)c1. The van der Waals surface area contributed by atoms with Crippen molar-refractivity contribution in [3.8, 4) is 0 Å². The van der Waals surface area contributed by atoms with Crippen molar-refractivity contribution in [2.75, 3.05) is 0 Å². The average Bonchev–Trinajstić information content (AvgIpc) is 2.28. The van der Waals surface area contributed by atoms with E-state index in [0.717, 1.165) is 5.56 Å². The Morgan fingerprint density at radius 2 is 1.38 bits per heavy atom. The molecule has 0 N–H and O–H groups in total. The molecule has 0 aromatic heterocycles. The molecule has 0 nitrogen and oxygen atoms in total. The van der Waals surface area contributed by atoms with Crippen LogP contribution in [0.25, 0.3) is 0 Å². The minimum atomic E-state index is 0.116. The van der Waals surface area contributed by atoms with Crippen molar-refractivity contribution < 1.29 is 0 Å². The first-order chi connectivity index (χ1) is 7.66. The fourth-order valence-corrected chi connectivity index (χ4v) is 2.65. The van der Waals surface area contributed by atoms with E-state index in [-0.39, 0.29) is 4.83 Å². The summed E-state index contributed by atoms with van der Waals surface area (Å²) in [6.45, 7) is 0. The fourth-order valence-electron chi connectivity index (χ4n) is 1.54. The Hall–Kier alpha value is -0.500. The van der Waals surface area contributed by atoms with Gasteiger partial charge >= 0.3 is 0 Å². The number of halogens is 3. The second-order valence-corrected chi connectivity index (χ2v) is 5.26. The molecule has 82 valence electrons. The Morgan fingerprint density at radius 3 is 1.94 bits per heavy atom. The van der Waals surface area contributed by atoms with E-state index in [1.165, 1.54) is 5.56 Å². The molecule has 0 saturated carbocycles. The maximum Gasteiger partial charge on any atom is 0.0645 e. The van der Waals surface area contributed by atoms with E-state index >= 15 is 0 Å². The highest BCUT2D eigenvalue weighted by molar-refractivity contribution is 9.09. The summed E-state index contributed by atoms with van der Waals surface area (Å²) in [4.78, 5) is 0.116. The Labute approximate surface area is 113 Å². The van der Waals surface area contributed by atoms with Crippen LogP contribution in [0.5, 0.6) is 0 Å². The van der Waals surface area contributed by atoms with Crippen LogP contribution in [0, 0.1) is 0 Å². The first kappa shape index (κ1) is 12.0. The van der Waals surface area contributed by atoms with Crippen LogP contribution in [0.1, 0.15) is 16.0 Å². The second kappa shape index (κ2) is 5.22. The average molecular weight is 316 g/mol. The van der Waals surface area contributed by atoms with Crippen LogP contribution < -0.4 is 0 Å². The molecule has 2 rings (SSSR count). The highest BCUT2D eigenvalue weighted by atomic mass is 79.9. The van der Waals surface area contributed by atoms with Gasteiger partial charge in [-0.05, 0) is 29.3 Å². The van der Waals surface area contributed by atoms with Gasteiger partial charge in [-0.15, -0.1) is 0 Å². The van der Waals surface area contributed by atoms with Crippen LogP contribution in [-0.2, 0) is 0 Å². The van der Waals surface area contributed by atoms with Gasteiger partial charge in [0.15, 0.2) is 0 Å². The number of alkyl halides is 1. The third-order valence-corrected chi connectivity index (χ3v) is 3.76. The standard InChI is InChI=1S/C13H9BrCl2/c14-13(9-4-2-1-3-5-9)10-6-11(15)8-12(16)7-10/h1-8,13H. The largest absolute Gasteiger partial charge is 0.0843 e. The van der Waals surface area contributed by atoms with E-state index < -0.39 is 0 Å². The summed E-state index contributed by atoms with van der Waals surface area (Å²) in [5.74, 6) is 0. The summed E-state index contributed by atoms with van der Waals surface area (Å²) in [6, 6.07) is 15.7. The van der Waals surface area contributed by atoms with Gasteiger partial charge in [-0.1, -0.05) is 69.5 Å². The van der Waals surface area contributed by atoms with Crippen LogP contribution in [0.3, 0.4) is 0 Å². The molecule has 0 bridgehead atoms. The summed E-state index contributed by atoms with van der Waals surface area (Å²) < 4.78 is 0. The van der Waals surface area contributed by atoms with Crippen molar-refractivity contribution in [2.24, 2.45) is 0 Å². The van der Waals surface area contributed by atoms with Gasteiger partial charge in [-0.2, -0.15) is 0 Å². The topological polar surface area (TPSA) is 0 Å². The lowest BCUT2D eigenvalue weighted by Crippen LogP contribution is -1.92. The molecule has 16 heavy (non-hydrogen) atoms. The zero-order valence-corrected chi connectivity index (χ0v) is 11.4. The van der Waals surface area contributed by atoms with Crippen molar-refractivity contribution in [3.63, 3.8) is 0 Å². The molecule has 0 aliphatic heterocycles. The van der Waals surface area contributed by atoms with Gasteiger partial charge in [0.05, 0.1) is 4.83 Å². The van der Waals surface area contributed by atoms with Gasteiger partial charge in [0.2, 0.25) is 0 Å². The summed E-state index contributed by atoms with van der Waals surface area (Å²) in [7, 11) is 0. The molecular weight excluding hydrogens is 307 g/mol. The van der Waals surface area contributed by atoms with Gasteiger partial charge in [0, 0.05) is 10.0 Å². The first-order valence-electron chi connectivity index (χ1n) is 4.82. The predicted molar refractivity (Wildman–Crippen MR) is 73.7 cm³/mol. The Bertz CT molecular complexity index is 462. The van der Waals surface area contributed by atoms with E-state index in [0.29, 0.717) is 10.0 Å². The lowest BCUT2D eigenvalue weighted by atomic mass is 10.1. The van der Waals surface area contributed by atoms with E-state index in [9.17, 15) is 0 Å². The van der Waals surface area contributed by atoms with Crippen LogP contribution in [-0.4, -0.2) is 0 Å². The molecular formula is C13H9BrCl2. The lowest BCUT2D eigenvalue weighted by molar-refractivity contribution is 1.18. The Morgan fingerprint density at radius 1 is 0.812 bits per heavy atom. The van der Waals surface area contributed by atoms with E-state index in [1.807, 2.05) is 30.3 Å². The van der Waals surface area contributed by atoms with Gasteiger partial charge in [-0.3, -0.25) is 0 Å². The third kappa shape index (κ3) is 2.79. The number of hydrogen-bond donors (Lipinski definition) is 0. The van der Waals surface area contributed by atoms with Crippen molar-refractivity contribution >= 4 is 39.1 Å². The predicted octanol–water partition coefficient (Wildman–Crippen LogP) is 5.48. The molecule has 0 aliphatic carbocycles. The second-order valence-electron chi connectivity index (χ2n) is 3.48. The molecule has 0 heterocycles. The van der Waals surface area contributed by atoms with Crippen LogP contribution in [0.15, 0.2) is 48.5 Å². The minimum absolute atomic E-state index is 0.116. The van der Waals surface area contributed by atoms with Gasteiger partial charge in [0.25, 0.3) is 0 Å². The van der Waals surface area contributed by atoms with E-state index in [4.69, 9.17) is 23.2 Å². The summed E-state index contributed by atoms with van der Waals surface area (Å²) in [5, 5.41) is 1.31. The maximum absolute atomic E-state index is 5.98. The molecule has 0 fully saturated rings. The molecule has 0 amide bonds. The van der Waals surface area contributed by atoms with Gasteiger partial charge in [-0.25, -0.2) is 0 Å². The van der Waals surface area contributed by atoms with Gasteiger partial charge < -0.3 is 0 Å². The molecule has 1 atom stereocenters. The molecule has 0 aliphatic rings. The molecule has 2 aromatic carbocycles. The maximum atomic E-state index is 5.98. The van der Waals surface area contributed by atoms with Crippen molar-refractivity contribution in [2.45, 2.75) is 4.83 Å². The van der Waals surface area contributed by atoms with Crippen LogP contribution in [0.4, 0.5) is 0 Å². The molecule has 1 unspecified atom stereocenters. The normalized spacial score (nSPS) is 12.4. The number of hydrogen-bond acceptors (Lipinski definition) is 0. The smallest absolute Gasteiger partial charge is 0.0645 e. The molecule has 3 heteroatoms. The van der Waals surface area contributed by atoms with Gasteiger partial charge in [0.1, 0.15) is 0 Å². The minimum Gasteiger partial charge on any atom is -0.0843 e. The molecule has 2 aromatic rings. The zero-order valence-electron chi connectivity index (χ0n) is 8.33. The zero-order chi connectivity index (χ0) is 11.5. The van der Waals surface area contributed by atoms with E-state index in [1.54, 1.807) is 6.07 Å². The van der Waals surface area contributed by atoms with Crippen molar-refractivity contribution in [1.82, 2.24) is 0 Å². The lowest BCUT2D eigenvalue weighted by Gasteiger charge is -2.11. The highest BCUT2D eigenvalue weighted by Gasteiger charge is 2.11. The monoisotopic (exact) mass is 314 g/mol. The van der Waals surface area contributed by atoms with E-state index in [2.05, 4.69) is 28.1 Å². The summed E-state index contributed by atoms with van der Waals surface area (Å²) >= 11 is 15.6. The Balaban J connectivity index is 2.37. The van der Waals surface area contributed by atoms with Crippen LogP contribution in [0.2, 0.25) is 10.0 Å². The Kier molecular flexibility index (Phi) is 3.91. The van der Waals surface area contributed by atoms with Crippen molar-refractivity contribution in [1.29, 1.82) is 0 Å². The number of benzene rings is 2. The van der Waals surface area contributed by atoms with Crippen LogP contribution >= 0.6 is 39.1 Å². The molecule has 0 saturated heterocycles. The fraction of sp³-hybridized carbons (Fsp3) is 0.0769. The quantitative estimate of drug-likeness (QED) is 0.644. The molecule has 0 spiro atoms. The molecule has 0 radical (unpaired) electrons. The summed E-state index contributed by atoms with van der Waals surface area (Å²) in [6.07, 6.45) is 0. The first-order valence-corrected chi connectivity index (χ1v) is 6.49. The summed E-state index contributed by atoms with van der Waals surface area (Å²) in [5.41, 5.74) is 2.24. The van der Waals surface area contributed by atoms with Crippen molar-refractivity contribution in [3.05, 3.63) is 69.7 Å². The third-order valence-electron chi connectivity index (χ3n) is 2.27.